The number of aryl methyl sites for hydroxylation is 1. The minimum Gasteiger partial charge on any atom is -0.496 e. The van der Waals surface area contributed by atoms with Crippen molar-refractivity contribution in [1.29, 1.82) is 0 Å². The van der Waals surface area contributed by atoms with Gasteiger partial charge in [0.25, 0.3) is 0 Å². The first-order valence-corrected chi connectivity index (χ1v) is 14.2. The Morgan fingerprint density at radius 1 is 0.833 bits per heavy atom. The fourth-order valence-electron chi connectivity index (χ4n) is 5.43. The molecule has 4 aromatic rings. The van der Waals surface area contributed by atoms with E-state index >= 15 is 0 Å². The summed E-state index contributed by atoms with van der Waals surface area (Å²) in [4.78, 5) is 20.7. The molecule has 5 nitrogen and oxygen atoms in total. The van der Waals surface area contributed by atoms with Crippen LogP contribution in [0.2, 0.25) is 0 Å². The van der Waals surface area contributed by atoms with Gasteiger partial charge in [-0.25, -0.2) is 0 Å². The topological polar surface area (TPSA) is 60.8 Å². The molecule has 0 N–H and O–H groups in total. The summed E-state index contributed by atoms with van der Waals surface area (Å²) in [5.41, 5.74) is -1.39. The molecule has 0 fully saturated rings. The molecule has 14 heteroatoms. The summed E-state index contributed by atoms with van der Waals surface area (Å²) in [6.07, 6.45) is -15.9. The molecule has 0 bridgehead atoms. The minimum atomic E-state index is -5.08. The number of Topliss-reactive ketones (excluding diaryl/α,β-unsaturated/α-hetero) is 1. The number of oxime groups is 1. The first kappa shape index (κ1) is 34.5. The fraction of sp³-hybridized carbons (Fsp3) is 0.265. The predicted molar refractivity (Wildman–Crippen MR) is 157 cm³/mol. The minimum absolute atomic E-state index is 0.0111. The van der Waals surface area contributed by atoms with Crippen LogP contribution in [0.5, 0.6) is 5.75 Å². The molecule has 1 aliphatic rings. The Morgan fingerprint density at radius 3 is 2.06 bits per heavy atom. The zero-order chi connectivity index (χ0) is 35.2. The van der Waals surface area contributed by atoms with E-state index in [-0.39, 0.29) is 47.3 Å². The monoisotopic (exact) mass is 680 g/mol. The molecule has 0 amide bonds. The Hall–Kier alpha value is -4.88. The van der Waals surface area contributed by atoms with Gasteiger partial charge in [0.05, 0.1) is 23.9 Å². The highest BCUT2D eigenvalue weighted by Gasteiger charge is 2.39. The van der Waals surface area contributed by atoms with Crippen LogP contribution in [0.4, 0.5) is 39.5 Å². The summed E-state index contributed by atoms with van der Waals surface area (Å²) in [6, 6.07) is 12.0. The summed E-state index contributed by atoms with van der Waals surface area (Å²) in [5.74, 6) is 0.154. The number of hydrogen-bond acceptors (Lipinski definition) is 5. The van der Waals surface area contributed by atoms with Crippen LogP contribution in [-0.2, 0) is 29.8 Å². The number of hydrogen-bond donors (Lipinski definition) is 0. The molecule has 1 atom stereocenters. The summed E-state index contributed by atoms with van der Waals surface area (Å²) >= 11 is 0. The third-order valence-electron chi connectivity index (χ3n) is 7.82. The normalized spacial score (nSPS) is 15.2. The second-order valence-corrected chi connectivity index (χ2v) is 11.2. The number of nitrogens with zero attached hydrogens (tertiary/aromatic N) is 2. The summed E-state index contributed by atoms with van der Waals surface area (Å²) in [6.45, 7) is 3.23. The zero-order valence-corrected chi connectivity index (χ0v) is 25.4. The lowest BCUT2D eigenvalue weighted by molar-refractivity contribution is -0.143. The third-order valence-corrected chi connectivity index (χ3v) is 7.82. The Kier molecular flexibility index (Phi) is 9.06. The van der Waals surface area contributed by atoms with Crippen LogP contribution in [0.15, 0.2) is 72.0 Å². The molecule has 1 aliphatic heterocycles. The number of aromatic nitrogens is 1. The molecule has 2 heterocycles. The van der Waals surface area contributed by atoms with Crippen molar-refractivity contribution in [2.75, 3.05) is 7.11 Å². The first-order valence-electron chi connectivity index (χ1n) is 14.2. The van der Waals surface area contributed by atoms with Crippen LogP contribution in [0, 0.1) is 6.92 Å². The second-order valence-electron chi connectivity index (χ2n) is 11.2. The zero-order valence-electron chi connectivity index (χ0n) is 25.4. The molecule has 0 aliphatic carbocycles. The molecule has 1 aromatic heterocycles. The van der Waals surface area contributed by atoms with E-state index in [1.54, 1.807) is 43.3 Å². The number of alkyl halides is 9. The molecular weight excluding hydrogens is 655 g/mol. The number of carbonyl (C=O) groups is 1. The number of methoxy groups -OCH3 is 1. The van der Waals surface area contributed by atoms with Gasteiger partial charge >= 0.3 is 18.5 Å². The van der Waals surface area contributed by atoms with Gasteiger partial charge in [-0.1, -0.05) is 23.4 Å². The molecule has 3 aromatic carbocycles. The molecule has 0 saturated heterocycles. The quantitative estimate of drug-likeness (QED) is 0.144. The standard InChI is InChI=1S/C34H25F9N2O3/c1-17-8-19(18(2)46)4-6-26(17)20-5-7-29(47-3)27(12-20)28-16-44-31(34(41,42)43)13-21(28)11-25-15-30(48-45-25)22-9-23(32(35,36)37)14-24(10-22)33(38,39)40/h4-10,12-14,16,30H,11,15H2,1-3H3/t30-/m0/s1. The average Bonchev–Trinajstić information content (AvgIpc) is 3.47. The van der Waals surface area contributed by atoms with Crippen molar-refractivity contribution in [2.24, 2.45) is 5.16 Å². The lowest BCUT2D eigenvalue weighted by Gasteiger charge is -2.17. The van der Waals surface area contributed by atoms with E-state index in [1.807, 2.05) is 0 Å². The molecule has 0 radical (unpaired) electrons. The Bertz CT molecular complexity index is 1880. The van der Waals surface area contributed by atoms with E-state index in [0.29, 0.717) is 28.8 Å². The number of pyridine rings is 1. The third kappa shape index (κ3) is 7.32. The maximum absolute atomic E-state index is 13.8. The van der Waals surface area contributed by atoms with Crippen molar-refractivity contribution < 1.29 is 53.9 Å². The van der Waals surface area contributed by atoms with Crippen LogP contribution in [0.1, 0.15) is 63.3 Å². The van der Waals surface area contributed by atoms with Gasteiger partial charge in [0, 0.05) is 35.7 Å². The maximum Gasteiger partial charge on any atom is 0.433 e. The van der Waals surface area contributed by atoms with Gasteiger partial charge in [0.1, 0.15) is 11.4 Å². The molecule has 5 rings (SSSR count). The highest BCUT2D eigenvalue weighted by molar-refractivity contribution is 5.95. The number of benzene rings is 3. The van der Waals surface area contributed by atoms with E-state index < -0.39 is 47.0 Å². The lowest BCUT2D eigenvalue weighted by atomic mass is 9.91. The summed E-state index contributed by atoms with van der Waals surface area (Å²) in [5, 5.41) is 3.83. The number of carbonyl (C=O) groups excluding carboxylic acids is 1. The summed E-state index contributed by atoms with van der Waals surface area (Å²) < 4.78 is 127. The molecule has 0 saturated carbocycles. The van der Waals surface area contributed by atoms with Crippen LogP contribution in [-0.4, -0.2) is 23.6 Å². The van der Waals surface area contributed by atoms with Gasteiger partial charge in [-0.15, -0.1) is 0 Å². The summed E-state index contributed by atoms with van der Waals surface area (Å²) in [7, 11) is 1.37. The molecule has 0 unspecified atom stereocenters. The second kappa shape index (κ2) is 12.6. The van der Waals surface area contributed by atoms with Crippen LogP contribution in [0.3, 0.4) is 0 Å². The van der Waals surface area contributed by atoms with Crippen molar-refractivity contribution in [3.8, 4) is 28.0 Å². The number of ketones is 1. The van der Waals surface area contributed by atoms with E-state index in [0.717, 1.165) is 23.4 Å². The number of ether oxygens (including phenoxy) is 1. The van der Waals surface area contributed by atoms with Crippen molar-refractivity contribution in [3.63, 3.8) is 0 Å². The largest absolute Gasteiger partial charge is 0.496 e. The van der Waals surface area contributed by atoms with E-state index in [4.69, 9.17) is 9.57 Å². The van der Waals surface area contributed by atoms with Crippen molar-refractivity contribution in [3.05, 3.63) is 106 Å². The SMILES string of the molecule is COc1ccc(-c2ccc(C(C)=O)cc2C)cc1-c1cnc(C(F)(F)F)cc1CC1=NO[C@H](c2cc(C(F)(F)F)cc(C(F)(F)F)c2)C1. The highest BCUT2D eigenvalue weighted by atomic mass is 19.4. The maximum atomic E-state index is 13.8. The van der Waals surface area contributed by atoms with Gasteiger partial charge < -0.3 is 9.57 Å². The Morgan fingerprint density at radius 2 is 1.50 bits per heavy atom. The smallest absolute Gasteiger partial charge is 0.433 e. The van der Waals surface area contributed by atoms with Gasteiger partial charge in [-0.2, -0.15) is 39.5 Å². The first-order chi connectivity index (χ1) is 22.3. The van der Waals surface area contributed by atoms with E-state index in [9.17, 15) is 44.3 Å². The molecule has 252 valence electrons. The Balaban J connectivity index is 1.53. The highest BCUT2D eigenvalue weighted by Crippen LogP contribution is 2.42. The lowest BCUT2D eigenvalue weighted by Crippen LogP contribution is -2.13. The fourth-order valence-corrected chi connectivity index (χ4v) is 5.43. The van der Waals surface area contributed by atoms with Crippen molar-refractivity contribution in [1.82, 2.24) is 4.98 Å². The predicted octanol–water partition coefficient (Wildman–Crippen LogP) is 10.1. The van der Waals surface area contributed by atoms with Crippen LogP contribution < -0.4 is 4.74 Å². The van der Waals surface area contributed by atoms with Gasteiger partial charge in [-0.05, 0) is 84.1 Å². The molecule has 0 spiro atoms. The van der Waals surface area contributed by atoms with Gasteiger partial charge in [0.2, 0.25) is 0 Å². The average molecular weight is 681 g/mol. The Labute approximate surface area is 268 Å². The van der Waals surface area contributed by atoms with Crippen LogP contribution in [0.25, 0.3) is 22.3 Å². The number of halogens is 9. The number of rotatable bonds is 7. The van der Waals surface area contributed by atoms with Crippen molar-refractivity contribution in [2.45, 2.75) is 51.3 Å². The molecule has 48 heavy (non-hydrogen) atoms. The van der Waals surface area contributed by atoms with E-state index in [1.165, 1.54) is 14.0 Å². The van der Waals surface area contributed by atoms with Crippen LogP contribution >= 0.6 is 0 Å². The van der Waals surface area contributed by atoms with Gasteiger partial charge in [-0.3, -0.25) is 9.78 Å². The van der Waals surface area contributed by atoms with Gasteiger partial charge in [0.15, 0.2) is 11.9 Å². The molecular formula is C34H25F9N2O3. The van der Waals surface area contributed by atoms with Crippen molar-refractivity contribution >= 4 is 11.5 Å². The van der Waals surface area contributed by atoms with E-state index in [2.05, 4.69) is 10.1 Å².